The Kier molecular flexibility index (Phi) is 4.03. The molecular formula is C11H11BrO3. The summed E-state index contributed by atoms with van der Waals surface area (Å²) in [6.45, 7) is 1.78. The molecule has 1 rings (SSSR count). The van der Waals surface area contributed by atoms with Crippen molar-refractivity contribution in [3.8, 4) is 0 Å². The number of Topliss-reactive ketones (excluding diaryl/α,β-unsaturated/α-hetero) is 1. The molecule has 0 bridgehead atoms. The van der Waals surface area contributed by atoms with E-state index in [1.165, 1.54) is 7.11 Å². The van der Waals surface area contributed by atoms with E-state index >= 15 is 0 Å². The Morgan fingerprint density at radius 2 is 2.07 bits per heavy atom. The maximum Gasteiger partial charge on any atom is 0.339 e. The van der Waals surface area contributed by atoms with Crippen molar-refractivity contribution in [2.75, 3.05) is 7.11 Å². The number of hydrogen-bond acceptors (Lipinski definition) is 3. The number of methoxy groups -OCH3 is 1. The van der Waals surface area contributed by atoms with Crippen molar-refractivity contribution in [2.45, 2.75) is 13.3 Å². The van der Waals surface area contributed by atoms with Crippen LogP contribution in [0.4, 0.5) is 0 Å². The van der Waals surface area contributed by atoms with Crippen LogP contribution in [0.2, 0.25) is 0 Å². The molecule has 0 unspecified atom stereocenters. The number of hydrogen-bond donors (Lipinski definition) is 0. The van der Waals surface area contributed by atoms with Crippen LogP contribution >= 0.6 is 15.9 Å². The predicted molar refractivity (Wildman–Crippen MR) is 60.1 cm³/mol. The van der Waals surface area contributed by atoms with Gasteiger partial charge in [0.05, 0.1) is 12.7 Å². The minimum Gasteiger partial charge on any atom is -0.465 e. The Balaban J connectivity index is 3.16. The van der Waals surface area contributed by atoms with Gasteiger partial charge in [-0.15, -0.1) is 0 Å². The van der Waals surface area contributed by atoms with Crippen LogP contribution in [0, 0.1) is 0 Å². The zero-order valence-electron chi connectivity index (χ0n) is 8.54. The van der Waals surface area contributed by atoms with Crippen LogP contribution in [0.5, 0.6) is 0 Å². The van der Waals surface area contributed by atoms with Crippen molar-refractivity contribution in [2.24, 2.45) is 0 Å². The number of esters is 1. The SMILES string of the molecule is CCC(=O)c1ccc(Br)c(C(=O)OC)c1. The van der Waals surface area contributed by atoms with Crippen LogP contribution in [0.3, 0.4) is 0 Å². The number of ketones is 1. The average molecular weight is 271 g/mol. The first-order valence-electron chi connectivity index (χ1n) is 4.51. The third-order valence-electron chi connectivity index (χ3n) is 2.01. The van der Waals surface area contributed by atoms with Gasteiger partial charge < -0.3 is 4.74 Å². The lowest BCUT2D eigenvalue weighted by atomic mass is 10.1. The smallest absolute Gasteiger partial charge is 0.339 e. The number of rotatable bonds is 3. The van der Waals surface area contributed by atoms with Gasteiger partial charge in [-0.25, -0.2) is 4.79 Å². The van der Waals surface area contributed by atoms with E-state index in [9.17, 15) is 9.59 Å². The van der Waals surface area contributed by atoms with Crippen LogP contribution in [0.1, 0.15) is 34.1 Å². The first-order valence-corrected chi connectivity index (χ1v) is 5.30. The fourth-order valence-electron chi connectivity index (χ4n) is 1.17. The van der Waals surface area contributed by atoms with Crippen molar-refractivity contribution in [3.05, 3.63) is 33.8 Å². The molecule has 4 heteroatoms. The summed E-state index contributed by atoms with van der Waals surface area (Å²) in [6, 6.07) is 4.90. The van der Waals surface area contributed by atoms with Crippen LogP contribution in [0.15, 0.2) is 22.7 Å². The second-order valence-electron chi connectivity index (χ2n) is 2.96. The molecule has 1 aromatic rings. The Labute approximate surface area is 96.6 Å². The molecule has 0 spiro atoms. The number of carbonyl (C=O) groups excluding carboxylic acids is 2. The quantitative estimate of drug-likeness (QED) is 0.627. The van der Waals surface area contributed by atoms with E-state index < -0.39 is 5.97 Å². The molecule has 3 nitrogen and oxygen atoms in total. The van der Waals surface area contributed by atoms with E-state index in [2.05, 4.69) is 20.7 Å². The molecule has 0 aliphatic heterocycles. The Bertz CT molecular complexity index is 399. The van der Waals surface area contributed by atoms with E-state index in [0.717, 1.165) is 0 Å². The van der Waals surface area contributed by atoms with Crippen molar-refractivity contribution in [3.63, 3.8) is 0 Å². The van der Waals surface area contributed by atoms with Gasteiger partial charge in [-0.1, -0.05) is 13.0 Å². The fourth-order valence-corrected chi connectivity index (χ4v) is 1.58. The largest absolute Gasteiger partial charge is 0.465 e. The molecule has 0 amide bonds. The topological polar surface area (TPSA) is 43.4 Å². The van der Waals surface area contributed by atoms with Crippen LogP contribution in [0.25, 0.3) is 0 Å². The standard InChI is InChI=1S/C11H11BrO3/c1-3-10(13)7-4-5-9(12)8(6-7)11(14)15-2/h4-6H,3H2,1-2H3. The summed E-state index contributed by atoms with van der Waals surface area (Å²) in [5, 5.41) is 0. The third kappa shape index (κ3) is 2.65. The van der Waals surface area contributed by atoms with Gasteiger partial charge in [0.25, 0.3) is 0 Å². The minimum atomic E-state index is -0.451. The van der Waals surface area contributed by atoms with Crippen LogP contribution < -0.4 is 0 Å². The molecule has 0 heterocycles. The van der Waals surface area contributed by atoms with E-state index in [1.54, 1.807) is 25.1 Å². The maximum absolute atomic E-state index is 11.4. The molecule has 15 heavy (non-hydrogen) atoms. The first-order chi connectivity index (χ1) is 7.10. The minimum absolute atomic E-state index is 0.00709. The third-order valence-corrected chi connectivity index (χ3v) is 2.71. The van der Waals surface area contributed by atoms with Crippen molar-refractivity contribution in [1.29, 1.82) is 0 Å². The predicted octanol–water partition coefficient (Wildman–Crippen LogP) is 2.83. The molecule has 80 valence electrons. The summed E-state index contributed by atoms with van der Waals surface area (Å²) in [7, 11) is 1.31. The summed E-state index contributed by atoms with van der Waals surface area (Å²) in [5.74, 6) is -0.444. The van der Waals surface area contributed by atoms with Gasteiger partial charge in [0.2, 0.25) is 0 Å². The molecule has 0 saturated heterocycles. The van der Waals surface area contributed by atoms with Crippen LogP contribution in [-0.4, -0.2) is 18.9 Å². The van der Waals surface area contributed by atoms with E-state index in [4.69, 9.17) is 0 Å². The molecule has 0 N–H and O–H groups in total. The highest BCUT2D eigenvalue weighted by Gasteiger charge is 2.13. The molecule has 0 aliphatic carbocycles. The molecule has 0 saturated carbocycles. The van der Waals surface area contributed by atoms with Crippen molar-refractivity contribution < 1.29 is 14.3 Å². The van der Waals surface area contributed by atoms with Gasteiger partial charge in [-0.05, 0) is 28.1 Å². The highest BCUT2D eigenvalue weighted by molar-refractivity contribution is 9.10. The lowest BCUT2D eigenvalue weighted by Gasteiger charge is -2.04. The van der Waals surface area contributed by atoms with Gasteiger partial charge in [0.15, 0.2) is 5.78 Å². The van der Waals surface area contributed by atoms with Crippen molar-refractivity contribution >= 4 is 27.7 Å². The maximum atomic E-state index is 11.4. The number of benzene rings is 1. The molecule has 0 aromatic heterocycles. The zero-order chi connectivity index (χ0) is 11.4. The molecule has 0 radical (unpaired) electrons. The summed E-state index contributed by atoms with van der Waals surface area (Å²) in [4.78, 5) is 22.8. The van der Waals surface area contributed by atoms with Gasteiger partial charge in [0, 0.05) is 16.5 Å². The summed E-state index contributed by atoms with van der Waals surface area (Å²) in [5.41, 5.74) is 0.901. The van der Waals surface area contributed by atoms with Gasteiger partial charge in [0.1, 0.15) is 0 Å². The second-order valence-corrected chi connectivity index (χ2v) is 3.82. The Morgan fingerprint density at radius 3 is 2.60 bits per heavy atom. The summed E-state index contributed by atoms with van der Waals surface area (Å²) < 4.78 is 5.23. The molecule has 0 fully saturated rings. The van der Waals surface area contributed by atoms with E-state index in [-0.39, 0.29) is 5.78 Å². The summed E-state index contributed by atoms with van der Waals surface area (Å²) >= 11 is 3.23. The number of halogens is 1. The monoisotopic (exact) mass is 270 g/mol. The average Bonchev–Trinajstić information content (AvgIpc) is 2.27. The van der Waals surface area contributed by atoms with Crippen molar-refractivity contribution in [1.82, 2.24) is 0 Å². The van der Waals surface area contributed by atoms with Crippen LogP contribution in [-0.2, 0) is 4.74 Å². The van der Waals surface area contributed by atoms with Gasteiger partial charge in [-0.3, -0.25) is 4.79 Å². The summed E-state index contributed by atoms with van der Waals surface area (Å²) in [6.07, 6.45) is 0.419. The lowest BCUT2D eigenvalue weighted by molar-refractivity contribution is 0.0599. The normalized spacial score (nSPS) is 9.80. The zero-order valence-corrected chi connectivity index (χ0v) is 10.1. The van der Waals surface area contributed by atoms with E-state index in [1.807, 2.05) is 0 Å². The highest BCUT2D eigenvalue weighted by atomic mass is 79.9. The first kappa shape index (κ1) is 11.9. The molecule has 0 aliphatic rings. The molecular weight excluding hydrogens is 260 g/mol. The molecule has 0 atom stereocenters. The Morgan fingerprint density at radius 1 is 1.40 bits per heavy atom. The fraction of sp³-hybridized carbons (Fsp3) is 0.273. The van der Waals surface area contributed by atoms with Gasteiger partial charge in [-0.2, -0.15) is 0 Å². The van der Waals surface area contributed by atoms with E-state index in [0.29, 0.717) is 22.0 Å². The Hall–Kier alpha value is -1.16. The number of ether oxygens (including phenoxy) is 1. The molecule has 1 aromatic carbocycles. The van der Waals surface area contributed by atoms with Gasteiger partial charge >= 0.3 is 5.97 Å². The highest BCUT2D eigenvalue weighted by Crippen LogP contribution is 2.20. The second kappa shape index (κ2) is 5.07. The lowest BCUT2D eigenvalue weighted by Crippen LogP contribution is -2.05. The number of carbonyl (C=O) groups is 2.